The van der Waals surface area contributed by atoms with Crippen LogP contribution in [0.3, 0.4) is 0 Å². The number of hydrogen-bond acceptors (Lipinski definition) is 2. The lowest BCUT2D eigenvalue weighted by Gasteiger charge is -2.29. The molecule has 21 heavy (non-hydrogen) atoms. The largest absolute Gasteiger partial charge is 0.369 e. The van der Waals surface area contributed by atoms with Gasteiger partial charge in [0.05, 0.1) is 0 Å². The molecule has 0 aromatic heterocycles. The lowest BCUT2D eigenvalue weighted by Crippen LogP contribution is -2.31. The smallest absolute Gasteiger partial charge is 0.0380 e. The molecule has 1 aromatic rings. The summed E-state index contributed by atoms with van der Waals surface area (Å²) in [6.07, 6.45) is 6.55. The second-order valence-corrected chi connectivity index (χ2v) is 7.28. The van der Waals surface area contributed by atoms with Gasteiger partial charge < -0.3 is 10.2 Å². The van der Waals surface area contributed by atoms with E-state index in [0.29, 0.717) is 6.04 Å². The third kappa shape index (κ3) is 5.30. The lowest BCUT2D eigenvalue weighted by atomic mass is 10.1. The molecular formula is C18H29BrN2. The van der Waals surface area contributed by atoms with Crippen LogP contribution in [-0.4, -0.2) is 18.6 Å². The Labute approximate surface area is 138 Å². The number of anilines is 1. The van der Waals surface area contributed by atoms with E-state index >= 15 is 0 Å². The average Bonchev–Trinajstić information content (AvgIpc) is 3.26. The van der Waals surface area contributed by atoms with Gasteiger partial charge in [-0.2, -0.15) is 0 Å². The number of halogens is 1. The van der Waals surface area contributed by atoms with Crippen molar-refractivity contribution in [3.05, 3.63) is 28.2 Å². The molecule has 0 bridgehead atoms. The number of unbranched alkanes of at least 4 members (excludes halogenated alkanes) is 2. The highest BCUT2D eigenvalue weighted by Gasteiger charge is 2.20. The number of benzene rings is 1. The molecule has 1 fully saturated rings. The van der Waals surface area contributed by atoms with E-state index in [0.717, 1.165) is 19.1 Å². The highest BCUT2D eigenvalue weighted by molar-refractivity contribution is 9.10. The molecular weight excluding hydrogens is 324 g/mol. The molecule has 0 heterocycles. The maximum atomic E-state index is 3.75. The summed E-state index contributed by atoms with van der Waals surface area (Å²) in [5.41, 5.74) is 2.70. The van der Waals surface area contributed by atoms with E-state index in [2.05, 4.69) is 65.1 Å². The minimum Gasteiger partial charge on any atom is -0.369 e. The predicted molar refractivity (Wildman–Crippen MR) is 96.0 cm³/mol. The normalized spacial score (nSPS) is 14.7. The first-order valence-corrected chi connectivity index (χ1v) is 9.19. The van der Waals surface area contributed by atoms with Crippen molar-refractivity contribution in [1.29, 1.82) is 0 Å². The molecule has 0 spiro atoms. The van der Waals surface area contributed by atoms with Gasteiger partial charge in [0.15, 0.2) is 0 Å². The molecule has 0 amide bonds. The zero-order chi connectivity index (χ0) is 15.2. The molecule has 0 atom stereocenters. The molecule has 0 radical (unpaired) electrons. The molecule has 0 unspecified atom stereocenters. The summed E-state index contributed by atoms with van der Waals surface area (Å²) >= 11 is 3.75. The minimum atomic E-state index is 0.546. The first-order valence-electron chi connectivity index (χ1n) is 8.40. The van der Waals surface area contributed by atoms with Crippen molar-refractivity contribution in [2.75, 3.05) is 11.4 Å². The quantitative estimate of drug-likeness (QED) is 0.621. The van der Waals surface area contributed by atoms with Crippen LogP contribution in [0.4, 0.5) is 5.69 Å². The van der Waals surface area contributed by atoms with Gasteiger partial charge in [-0.25, -0.2) is 0 Å². The second kappa shape index (κ2) is 8.19. The van der Waals surface area contributed by atoms with Gasteiger partial charge in [0, 0.05) is 35.3 Å². The number of hydrogen-bond donors (Lipinski definition) is 1. The van der Waals surface area contributed by atoms with E-state index in [1.54, 1.807) is 0 Å². The molecule has 2 nitrogen and oxygen atoms in total. The molecule has 0 aliphatic heterocycles. The number of nitrogens with zero attached hydrogens (tertiary/aromatic N) is 1. The molecule has 3 heteroatoms. The lowest BCUT2D eigenvalue weighted by molar-refractivity contribution is 0.625. The van der Waals surface area contributed by atoms with Crippen molar-refractivity contribution < 1.29 is 0 Å². The van der Waals surface area contributed by atoms with E-state index in [9.17, 15) is 0 Å². The predicted octanol–water partition coefficient (Wildman–Crippen LogP) is 5.11. The van der Waals surface area contributed by atoms with Gasteiger partial charge in [-0.05, 0) is 50.8 Å². The Kier molecular flexibility index (Phi) is 6.56. The van der Waals surface area contributed by atoms with Crippen LogP contribution in [0.1, 0.15) is 58.4 Å². The Bertz CT molecular complexity index is 441. The van der Waals surface area contributed by atoms with E-state index < -0.39 is 0 Å². The summed E-state index contributed by atoms with van der Waals surface area (Å²) < 4.78 is 1.23. The van der Waals surface area contributed by atoms with E-state index in [1.807, 2.05) is 0 Å². The van der Waals surface area contributed by atoms with Crippen LogP contribution in [-0.2, 0) is 6.54 Å². The van der Waals surface area contributed by atoms with Crippen LogP contribution in [0.25, 0.3) is 0 Å². The van der Waals surface area contributed by atoms with Gasteiger partial charge in [0.1, 0.15) is 0 Å². The van der Waals surface area contributed by atoms with Crippen LogP contribution in [0.15, 0.2) is 22.7 Å². The molecule has 1 aliphatic carbocycles. The van der Waals surface area contributed by atoms with Crippen molar-refractivity contribution in [2.24, 2.45) is 0 Å². The Morgan fingerprint density at radius 1 is 1.29 bits per heavy atom. The molecule has 1 aliphatic rings. The van der Waals surface area contributed by atoms with Gasteiger partial charge in [-0.3, -0.25) is 0 Å². The first kappa shape index (κ1) is 16.8. The average molecular weight is 353 g/mol. The number of rotatable bonds is 9. The van der Waals surface area contributed by atoms with Crippen LogP contribution in [0.2, 0.25) is 0 Å². The summed E-state index contributed by atoms with van der Waals surface area (Å²) in [6, 6.07) is 8.14. The maximum Gasteiger partial charge on any atom is 0.0380 e. The van der Waals surface area contributed by atoms with Gasteiger partial charge in [0.2, 0.25) is 0 Å². The van der Waals surface area contributed by atoms with Crippen LogP contribution in [0.5, 0.6) is 0 Å². The molecule has 118 valence electrons. The topological polar surface area (TPSA) is 15.3 Å². The molecule has 1 N–H and O–H groups in total. The van der Waals surface area contributed by atoms with Crippen molar-refractivity contribution in [3.8, 4) is 0 Å². The minimum absolute atomic E-state index is 0.546. The maximum absolute atomic E-state index is 3.75. The summed E-state index contributed by atoms with van der Waals surface area (Å²) in [5.74, 6) is 0. The summed E-state index contributed by atoms with van der Waals surface area (Å²) in [5, 5.41) is 3.58. The Hall–Kier alpha value is -0.540. The van der Waals surface area contributed by atoms with Gasteiger partial charge in [0.25, 0.3) is 0 Å². The zero-order valence-electron chi connectivity index (χ0n) is 13.7. The number of nitrogens with one attached hydrogen (secondary N) is 1. The van der Waals surface area contributed by atoms with Crippen LogP contribution < -0.4 is 10.2 Å². The molecule has 2 rings (SSSR count). The van der Waals surface area contributed by atoms with Crippen molar-refractivity contribution in [2.45, 2.75) is 71.5 Å². The van der Waals surface area contributed by atoms with Gasteiger partial charge >= 0.3 is 0 Å². The fourth-order valence-corrected chi connectivity index (χ4v) is 3.12. The monoisotopic (exact) mass is 352 g/mol. The van der Waals surface area contributed by atoms with Crippen molar-refractivity contribution >= 4 is 21.6 Å². The van der Waals surface area contributed by atoms with Gasteiger partial charge in [-0.1, -0.05) is 41.8 Å². The fourth-order valence-electron chi connectivity index (χ4n) is 2.62. The van der Waals surface area contributed by atoms with Crippen LogP contribution in [0, 0.1) is 0 Å². The van der Waals surface area contributed by atoms with Crippen molar-refractivity contribution in [1.82, 2.24) is 5.32 Å². The highest BCUT2D eigenvalue weighted by Crippen LogP contribution is 2.27. The van der Waals surface area contributed by atoms with Crippen molar-refractivity contribution in [3.63, 3.8) is 0 Å². The zero-order valence-corrected chi connectivity index (χ0v) is 15.2. The highest BCUT2D eigenvalue weighted by atomic mass is 79.9. The molecule has 0 saturated heterocycles. The van der Waals surface area contributed by atoms with E-state index in [1.165, 1.54) is 47.8 Å². The summed E-state index contributed by atoms with van der Waals surface area (Å²) in [6.45, 7) is 8.95. The summed E-state index contributed by atoms with van der Waals surface area (Å²) in [4.78, 5) is 2.51. The first-order chi connectivity index (χ1) is 10.1. The fraction of sp³-hybridized carbons (Fsp3) is 0.667. The van der Waals surface area contributed by atoms with E-state index in [-0.39, 0.29) is 0 Å². The Balaban J connectivity index is 2.00. The molecule has 1 saturated carbocycles. The van der Waals surface area contributed by atoms with Gasteiger partial charge in [-0.15, -0.1) is 0 Å². The van der Waals surface area contributed by atoms with Crippen LogP contribution >= 0.6 is 15.9 Å². The van der Waals surface area contributed by atoms with E-state index in [4.69, 9.17) is 0 Å². The molecule has 1 aromatic carbocycles. The third-order valence-electron chi connectivity index (χ3n) is 4.15. The second-order valence-electron chi connectivity index (χ2n) is 6.43. The Morgan fingerprint density at radius 3 is 2.62 bits per heavy atom. The third-order valence-corrected chi connectivity index (χ3v) is 4.89. The SMILES string of the molecule is CCCCCN(c1ccc(CNC2CC2)c(Br)c1)C(C)C. The summed E-state index contributed by atoms with van der Waals surface area (Å²) in [7, 11) is 0. The standard InChI is InChI=1S/C18H29BrN2/c1-4-5-6-11-21(14(2)3)17-10-7-15(18(19)12-17)13-20-16-8-9-16/h7,10,12,14,16,20H,4-6,8-9,11,13H2,1-3H3. The Morgan fingerprint density at radius 2 is 2.05 bits per heavy atom.